The lowest BCUT2D eigenvalue weighted by Crippen LogP contribution is -1.91. The predicted octanol–water partition coefficient (Wildman–Crippen LogP) is 5.73. The summed E-state index contributed by atoms with van der Waals surface area (Å²) in [5.41, 5.74) is 1.76. The lowest BCUT2D eigenvalue weighted by atomic mass is 10.2. The molecule has 0 bridgehead atoms. The molecule has 0 atom stereocenters. The highest BCUT2D eigenvalue weighted by molar-refractivity contribution is 5.95. The molecule has 14 nitrogen and oxygen atoms in total. The van der Waals surface area contributed by atoms with E-state index in [0.29, 0.717) is 40.3 Å². The number of rotatable bonds is 7. The summed E-state index contributed by atoms with van der Waals surface area (Å²) in [5.74, 6) is 1.63. The van der Waals surface area contributed by atoms with Crippen molar-refractivity contribution in [2.75, 3.05) is 0 Å². The van der Waals surface area contributed by atoms with Crippen molar-refractivity contribution in [2.24, 2.45) is 0 Å². The molecule has 0 aliphatic heterocycles. The third kappa shape index (κ3) is 5.70. The van der Waals surface area contributed by atoms with E-state index in [-0.39, 0.29) is 17.3 Å². The zero-order valence-electron chi connectivity index (χ0n) is 20.3. The quantitative estimate of drug-likeness (QED) is 0.144. The highest BCUT2D eigenvalue weighted by Gasteiger charge is 2.09. The number of nitro groups is 2. The van der Waals surface area contributed by atoms with Crippen LogP contribution in [0.2, 0.25) is 0 Å². The third-order valence-corrected chi connectivity index (χ3v) is 5.51. The van der Waals surface area contributed by atoms with Gasteiger partial charge in [0.2, 0.25) is 11.8 Å². The topological polar surface area (TPSA) is 192 Å². The number of ether oxygens (including phenoxy) is 2. The van der Waals surface area contributed by atoms with Crippen LogP contribution in [0.3, 0.4) is 0 Å². The van der Waals surface area contributed by atoms with Crippen LogP contribution in [0.25, 0.3) is 21.8 Å². The minimum absolute atomic E-state index is 0.0628. The number of hydrogen-bond acceptors (Lipinski definition) is 10. The average molecular weight is 539 g/mol. The first-order valence-corrected chi connectivity index (χ1v) is 11.5. The van der Waals surface area contributed by atoms with E-state index in [9.17, 15) is 25.0 Å². The molecule has 0 unspecified atom stereocenters. The molecule has 6 aromatic rings. The van der Waals surface area contributed by atoms with E-state index in [4.69, 9.17) is 9.47 Å². The maximum Gasteiger partial charge on any atom is 0.287 e. The zero-order valence-corrected chi connectivity index (χ0v) is 20.3. The maximum absolute atomic E-state index is 10.8. The van der Waals surface area contributed by atoms with Crippen LogP contribution in [0.1, 0.15) is 10.5 Å². The summed E-state index contributed by atoms with van der Waals surface area (Å²) in [7, 11) is 0. The second-order valence-electron chi connectivity index (χ2n) is 8.09. The monoisotopic (exact) mass is 539 g/mol. The Kier molecular flexibility index (Phi) is 7.04. The van der Waals surface area contributed by atoms with Gasteiger partial charge in [-0.05, 0) is 35.7 Å². The van der Waals surface area contributed by atoms with Crippen LogP contribution in [0, 0.1) is 20.2 Å². The molecule has 0 amide bonds. The van der Waals surface area contributed by atoms with E-state index < -0.39 is 9.85 Å². The Balaban J connectivity index is 0.000000162. The number of nitrogens with zero attached hydrogens (tertiary/aromatic N) is 5. The summed E-state index contributed by atoms with van der Waals surface area (Å²) in [6, 6.07) is 18.1. The molecule has 0 saturated heterocycles. The first-order valence-electron chi connectivity index (χ1n) is 11.5. The molecule has 0 saturated carbocycles. The molecule has 40 heavy (non-hydrogen) atoms. The van der Waals surface area contributed by atoms with E-state index >= 15 is 0 Å². The van der Waals surface area contributed by atoms with Crippen LogP contribution in [-0.2, 0) is 0 Å². The summed E-state index contributed by atoms with van der Waals surface area (Å²) in [6.45, 7) is 0. The number of H-pyrrole nitrogens is 2. The van der Waals surface area contributed by atoms with Gasteiger partial charge < -0.3 is 14.5 Å². The molecule has 0 aliphatic rings. The molecule has 0 aliphatic carbocycles. The molecule has 198 valence electrons. The highest BCUT2D eigenvalue weighted by Crippen LogP contribution is 2.26. The minimum atomic E-state index is -0.534. The molecule has 4 aromatic heterocycles. The van der Waals surface area contributed by atoms with E-state index in [1.165, 1.54) is 30.5 Å². The molecule has 0 radical (unpaired) electrons. The fourth-order valence-corrected chi connectivity index (χ4v) is 3.58. The number of carbonyl (C=O) groups excluding carboxylic acids is 1. The van der Waals surface area contributed by atoms with Crippen LogP contribution in [0.4, 0.5) is 11.4 Å². The number of aldehydes is 1. The van der Waals surface area contributed by atoms with Crippen molar-refractivity contribution < 1.29 is 24.1 Å². The van der Waals surface area contributed by atoms with Crippen molar-refractivity contribution >= 4 is 39.5 Å². The van der Waals surface area contributed by atoms with E-state index in [0.717, 1.165) is 17.1 Å². The van der Waals surface area contributed by atoms with E-state index in [1.807, 2.05) is 30.5 Å². The van der Waals surface area contributed by atoms with Crippen LogP contribution in [-0.4, -0.2) is 41.3 Å². The fraction of sp³-hybridized carbons (Fsp3) is 0. The van der Waals surface area contributed by atoms with Crippen molar-refractivity contribution in [1.29, 1.82) is 0 Å². The molecule has 14 heteroatoms. The highest BCUT2D eigenvalue weighted by atomic mass is 16.6. The molecule has 0 spiro atoms. The van der Waals surface area contributed by atoms with Gasteiger partial charge in [0.05, 0.1) is 15.4 Å². The molecular formula is C26H17N7O7. The summed E-state index contributed by atoms with van der Waals surface area (Å²) in [4.78, 5) is 41.6. The van der Waals surface area contributed by atoms with Gasteiger partial charge >= 0.3 is 0 Å². The van der Waals surface area contributed by atoms with E-state index in [1.54, 1.807) is 18.2 Å². The Morgan fingerprint density at radius 2 is 1.40 bits per heavy atom. The number of pyridine rings is 2. The third-order valence-electron chi connectivity index (χ3n) is 5.51. The van der Waals surface area contributed by atoms with Crippen LogP contribution in [0.5, 0.6) is 23.3 Å². The first-order chi connectivity index (χ1) is 19.4. The maximum atomic E-state index is 10.8. The number of carbonyl (C=O) groups is 1. The number of nitrogens with one attached hydrogen (secondary N) is 2. The Bertz CT molecular complexity index is 1830. The lowest BCUT2D eigenvalue weighted by Gasteiger charge is -2.04. The lowest BCUT2D eigenvalue weighted by molar-refractivity contribution is -0.385. The van der Waals surface area contributed by atoms with E-state index in [2.05, 4.69) is 25.1 Å². The number of hydrogen-bond donors (Lipinski definition) is 2. The molecule has 2 aromatic carbocycles. The first kappa shape index (κ1) is 25.5. The summed E-state index contributed by atoms with van der Waals surface area (Å²) in [6.07, 6.45) is 4.82. The van der Waals surface area contributed by atoms with Gasteiger partial charge in [0, 0.05) is 53.5 Å². The SMILES string of the molecule is O=Cc1[nH]nc2cc(Oc3ccc([N+](=O)[O-])cn3)ccc12.O=[N+]([O-])c1ccc(Oc2ccc3cc[nH]c3c2)nc1. The Hall–Kier alpha value is -6.18. The van der Waals surface area contributed by atoms with Crippen LogP contribution in [0.15, 0.2) is 85.3 Å². The molecule has 2 N–H and O–H groups in total. The number of fused-ring (bicyclic) bond motifs is 2. The molecule has 6 rings (SSSR count). The second-order valence-corrected chi connectivity index (χ2v) is 8.09. The van der Waals surface area contributed by atoms with Crippen molar-refractivity contribution in [1.82, 2.24) is 25.1 Å². The van der Waals surface area contributed by atoms with Crippen molar-refractivity contribution in [3.8, 4) is 23.3 Å². The summed E-state index contributed by atoms with van der Waals surface area (Å²) >= 11 is 0. The average Bonchev–Trinajstić information content (AvgIpc) is 3.60. The zero-order chi connectivity index (χ0) is 28.1. The predicted molar refractivity (Wildman–Crippen MR) is 142 cm³/mol. The van der Waals surface area contributed by atoms with Crippen molar-refractivity contribution in [2.45, 2.75) is 0 Å². The van der Waals surface area contributed by atoms with Crippen LogP contribution < -0.4 is 9.47 Å². The number of aromatic amines is 2. The van der Waals surface area contributed by atoms with Crippen LogP contribution >= 0.6 is 0 Å². The van der Waals surface area contributed by atoms with Gasteiger partial charge in [-0.15, -0.1) is 0 Å². The normalized spacial score (nSPS) is 10.5. The van der Waals surface area contributed by atoms with Crippen molar-refractivity contribution in [3.05, 3.63) is 111 Å². The number of benzene rings is 2. The Labute approximate surface area is 223 Å². The van der Waals surface area contributed by atoms with Crippen molar-refractivity contribution in [3.63, 3.8) is 0 Å². The molecule has 0 fully saturated rings. The molecule has 4 heterocycles. The summed E-state index contributed by atoms with van der Waals surface area (Å²) < 4.78 is 11.0. The van der Waals surface area contributed by atoms with Gasteiger partial charge in [0.15, 0.2) is 6.29 Å². The smallest absolute Gasteiger partial charge is 0.287 e. The number of aromatic nitrogens is 5. The van der Waals surface area contributed by atoms with Gasteiger partial charge in [-0.3, -0.25) is 30.1 Å². The largest absolute Gasteiger partial charge is 0.439 e. The fourth-order valence-electron chi connectivity index (χ4n) is 3.58. The molecular weight excluding hydrogens is 522 g/mol. The second kappa shape index (κ2) is 11.1. The van der Waals surface area contributed by atoms with Gasteiger partial charge in [-0.2, -0.15) is 5.10 Å². The Morgan fingerprint density at radius 3 is 1.98 bits per heavy atom. The minimum Gasteiger partial charge on any atom is -0.439 e. The Morgan fingerprint density at radius 1 is 0.775 bits per heavy atom. The van der Waals surface area contributed by atoms with Gasteiger partial charge in [0.1, 0.15) is 29.6 Å². The van der Waals surface area contributed by atoms with Gasteiger partial charge in [0.25, 0.3) is 11.4 Å². The van der Waals surface area contributed by atoms with Gasteiger partial charge in [-0.25, -0.2) is 9.97 Å². The standard InChI is InChI=1S/C13H8N4O4.C13H9N3O3/c18-7-12-10-3-2-9(5-11(10)15-16-12)21-13-4-1-8(6-14-13)17(19)20;17-16(18)10-2-4-13(15-8-10)19-11-3-1-9-5-6-14-12(9)7-11/h1-7H,(H,15,16);1-8,14H. The van der Waals surface area contributed by atoms with Gasteiger partial charge in [-0.1, -0.05) is 0 Å². The summed E-state index contributed by atoms with van der Waals surface area (Å²) in [5, 5.41) is 29.4.